The number of carbonyl (C=O) groups excluding carboxylic acids is 1. The molecule has 0 amide bonds. The number of hydrogen-bond donors (Lipinski definition) is 1. The van der Waals surface area contributed by atoms with Crippen LogP contribution < -0.4 is 11.2 Å². The fourth-order valence-corrected chi connectivity index (χ4v) is 2.38. The molecule has 0 saturated carbocycles. The Hall–Kier alpha value is -2.14. The third kappa shape index (κ3) is 2.97. The van der Waals surface area contributed by atoms with Crippen molar-refractivity contribution in [3.8, 4) is 0 Å². The Morgan fingerprint density at radius 1 is 1.33 bits per heavy atom. The van der Waals surface area contributed by atoms with Gasteiger partial charge >= 0.3 is 5.97 Å². The van der Waals surface area contributed by atoms with Crippen LogP contribution in [0.4, 0.5) is 0 Å². The molecule has 2 aromatic rings. The summed E-state index contributed by atoms with van der Waals surface area (Å²) in [6, 6.07) is 5.68. The van der Waals surface area contributed by atoms with Crippen molar-refractivity contribution in [2.75, 3.05) is 13.2 Å². The zero-order valence-corrected chi connectivity index (χ0v) is 12.4. The summed E-state index contributed by atoms with van der Waals surface area (Å²) in [5.41, 5.74) is 7.16. The molecule has 21 heavy (non-hydrogen) atoms. The summed E-state index contributed by atoms with van der Waals surface area (Å²) in [5, 5.41) is 0.536. The molecule has 0 saturated heterocycles. The number of nitrogens with zero attached hydrogens (tertiary/aromatic N) is 1. The van der Waals surface area contributed by atoms with E-state index in [9.17, 15) is 9.59 Å². The summed E-state index contributed by atoms with van der Waals surface area (Å²) < 4.78 is 6.85. The molecule has 0 bridgehead atoms. The number of hydrogen-bond acceptors (Lipinski definition) is 4. The smallest absolute Gasteiger partial charge is 0.343 e. The van der Waals surface area contributed by atoms with Crippen LogP contribution in [0.15, 0.2) is 29.2 Å². The van der Waals surface area contributed by atoms with Gasteiger partial charge in [0.05, 0.1) is 12.1 Å². The van der Waals surface area contributed by atoms with Crippen molar-refractivity contribution in [1.29, 1.82) is 0 Å². The van der Waals surface area contributed by atoms with Crippen LogP contribution in [-0.2, 0) is 17.7 Å². The average Bonchev–Trinajstić information content (AvgIpc) is 2.48. The van der Waals surface area contributed by atoms with Gasteiger partial charge in [0.15, 0.2) is 0 Å². The van der Waals surface area contributed by atoms with E-state index in [1.807, 2.05) is 29.7 Å². The van der Waals surface area contributed by atoms with Crippen LogP contribution in [0.2, 0.25) is 0 Å². The summed E-state index contributed by atoms with van der Waals surface area (Å²) in [6.07, 6.45) is 2.27. The Kier molecular flexibility index (Phi) is 4.75. The number of fused-ring (bicyclic) bond motifs is 1. The Morgan fingerprint density at radius 3 is 2.71 bits per heavy atom. The van der Waals surface area contributed by atoms with Crippen molar-refractivity contribution in [2.24, 2.45) is 5.73 Å². The van der Waals surface area contributed by atoms with Crippen molar-refractivity contribution in [2.45, 2.75) is 26.8 Å². The monoisotopic (exact) mass is 288 g/mol. The number of benzene rings is 1. The third-order valence-corrected chi connectivity index (χ3v) is 3.41. The highest BCUT2D eigenvalue weighted by molar-refractivity contribution is 5.93. The summed E-state index contributed by atoms with van der Waals surface area (Å²) in [4.78, 5) is 24.5. The predicted octanol–water partition coefficient (Wildman–Crippen LogP) is 1.70. The molecule has 2 N–H and O–H groups in total. The minimum atomic E-state index is -0.573. The summed E-state index contributed by atoms with van der Waals surface area (Å²) in [7, 11) is 0. The van der Waals surface area contributed by atoms with Gasteiger partial charge in [0.2, 0.25) is 5.43 Å². The van der Waals surface area contributed by atoms with Gasteiger partial charge in [0.25, 0.3) is 0 Å². The molecule has 112 valence electrons. The summed E-state index contributed by atoms with van der Waals surface area (Å²) in [6.45, 7) is 5.11. The zero-order valence-electron chi connectivity index (χ0n) is 12.4. The average molecular weight is 288 g/mol. The first-order valence-corrected chi connectivity index (χ1v) is 7.15. The zero-order chi connectivity index (χ0) is 15.4. The van der Waals surface area contributed by atoms with Gasteiger partial charge in [-0.2, -0.15) is 0 Å². The van der Waals surface area contributed by atoms with E-state index in [4.69, 9.17) is 10.5 Å². The molecule has 0 atom stereocenters. The number of rotatable bonds is 5. The molecule has 0 unspecified atom stereocenters. The summed E-state index contributed by atoms with van der Waals surface area (Å²) >= 11 is 0. The lowest BCUT2D eigenvalue weighted by atomic mass is 10.1. The number of ether oxygens (including phenoxy) is 1. The molecule has 0 radical (unpaired) electrons. The van der Waals surface area contributed by atoms with Gasteiger partial charge in [-0.15, -0.1) is 0 Å². The predicted molar refractivity (Wildman–Crippen MR) is 82.6 cm³/mol. The number of aryl methyl sites for hydroxylation is 1. The molecular weight excluding hydrogens is 268 g/mol. The number of nitrogens with two attached hydrogens (primary N) is 1. The molecule has 0 aliphatic rings. The second kappa shape index (κ2) is 6.54. The van der Waals surface area contributed by atoms with Gasteiger partial charge in [-0.3, -0.25) is 4.79 Å². The van der Waals surface area contributed by atoms with Gasteiger partial charge in [-0.1, -0.05) is 6.07 Å². The molecule has 1 aromatic heterocycles. The van der Waals surface area contributed by atoms with Gasteiger partial charge in [0.1, 0.15) is 5.56 Å². The van der Waals surface area contributed by atoms with E-state index in [2.05, 4.69) is 0 Å². The topological polar surface area (TPSA) is 74.3 Å². The van der Waals surface area contributed by atoms with E-state index in [1.54, 1.807) is 13.1 Å². The number of aromatic nitrogens is 1. The number of pyridine rings is 1. The molecule has 1 heterocycles. The lowest BCUT2D eigenvalue weighted by Crippen LogP contribution is -2.21. The third-order valence-electron chi connectivity index (χ3n) is 3.41. The van der Waals surface area contributed by atoms with E-state index in [1.165, 1.54) is 0 Å². The molecular formula is C16H20N2O3. The Balaban J connectivity index is 2.69. The highest BCUT2D eigenvalue weighted by Gasteiger charge is 2.16. The van der Waals surface area contributed by atoms with Crippen LogP contribution in [0, 0.1) is 0 Å². The first-order valence-electron chi connectivity index (χ1n) is 7.15. The Labute approximate surface area is 123 Å². The van der Waals surface area contributed by atoms with Crippen LogP contribution >= 0.6 is 0 Å². The quantitative estimate of drug-likeness (QED) is 0.850. The van der Waals surface area contributed by atoms with E-state index in [0.717, 1.165) is 11.1 Å². The fraction of sp³-hybridized carbons (Fsp3) is 0.375. The van der Waals surface area contributed by atoms with Gasteiger partial charge in [-0.05, 0) is 44.5 Å². The summed E-state index contributed by atoms with van der Waals surface area (Å²) in [5.74, 6) is -0.573. The highest BCUT2D eigenvalue weighted by atomic mass is 16.5. The van der Waals surface area contributed by atoms with Gasteiger partial charge in [0, 0.05) is 18.1 Å². The van der Waals surface area contributed by atoms with Crippen molar-refractivity contribution in [3.63, 3.8) is 0 Å². The maximum atomic E-state index is 12.5. The maximum absolute atomic E-state index is 12.5. The van der Waals surface area contributed by atoms with Crippen molar-refractivity contribution in [1.82, 2.24) is 4.57 Å². The Bertz CT molecular complexity index is 719. The van der Waals surface area contributed by atoms with Crippen LogP contribution in [0.25, 0.3) is 10.9 Å². The van der Waals surface area contributed by atoms with E-state index >= 15 is 0 Å². The van der Waals surface area contributed by atoms with Gasteiger partial charge < -0.3 is 15.0 Å². The van der Waals surface area contributed by atoms with E-state index in [-0.39, 0.29) is 17.6 Å². The van der Waals surface area contributed by atoms with Gasteiger partial charge in [-0.25, -0.2) is 4.79 Å². The minimum absolute atomic E-state index is 0.0797. The van der Waals surface area contributed by atoms with Crippen molar-refractivity contribution in [3.05, 3.63) is 45.7 Å². The Morgan fingerprint density at radius 2 is 2.10 bits per heavy atom. The molecule has 5 heteroatoms. The maximum Gasteiger partial charge on any atom is 0.343 e. The number of esters is 1. The van der Waals surface area contributed by atoms with E-state index in [0.29, 0.717) is 24.9 Å². The number of carbonyl (C=O) groups is 1. The van der Waals surface area contributed by atoms with E-state index < -0.39 is 5.97 Å². The molecule has 5 nitrogen and oxygen atoms in total. The second-order valence-electron chi connectivity index (χ2n) is 4.77. The SMILES string of the molecule is CCOC(=O)c1cn(CC)c2ccc(CCN)cc2c1=O. The van der Waals surface area contributed by atoms with Crippen LogP contribution in [0.3, 0.4) is 0 Å². The largest absolute Gasteiger partial charge is 0.462 e. The molecule has 0 fully saturated rings. The fourth-order valence-electron chi connectivity index (χ4n) is 2.38. The lowest BCUT2D eigenvalue weighted by molar-refractivity contribution is 0.0524. The van der Waals surface area contributed by atoms with Crippen LogP contribution in [0.5, 0.6) is 0 Å². The molecule has 0 aliphatic carbocycles. The highest BCUT2D eigenvalue weighted by Crippen LogP contribution is 2.15. The normalized spacial score (nSPS) is 10.8. The van der Waals surface area contributed by atoms with Crippen molar-refractivity contribution >= 4 is 16.9 Å². The van der Waals surface area contributed by atoms with Crippen molar-refractivity contribution < 1.29 is 9.53 Å². The van der Waals surface area contributed by atoms with Crippen LogP contribution in [-0.4, -0.2) is 23.7 Å². The molecule has 1 aromatic carbocycles. The molecule has 2 rings (SSSR count). The first kappa shape index (κ1) is 15.3. The first-order chi connectivity index (χ1) is 10.1. The molecule has 0 spiro atoms. The molecule has 0 aliphatic heterocycles. The van der Waals surface area contributed by atoms with Crippen LogP contribution in [0.1, 0.15) is 29.8 Å². The second-order valence-corrected chi connectivity index (χ2v) is 4.77. The standard InChI is InChI=1S/C16H20N2O3/c1-3-18-10-13(16(20)21-4-2)15(19)12-9-11(7-8-17)5-6-14(12)18/h5-6,9-10H,3-4,7-8,17H2,1-2H3. The lowest BCUT2D eigenvalue weighted by Gasteiger charge is -2.12. The minimum Gasteiger partial charge on any atom is -0.462 e.